The molecule has 0 aliphatic rings. The molecule has 4 rings (SSSR count). The highest BCUT2D eigenvalue weighted by Crippen LogP contribution is 2.26. The number of anilines is 1. The molecule has 2 aromatic heterocycles. The number of benzene rings is 2. The lowest BCUT2D eigenvalue weighted by atomic mass is 10.1. The lowest BCUT2D eigenvalue weighted by Crippen LogP contribution is -2.35. The molecule has 0 saturated carbocycles. The first-order valence-electron chi connectivity index (χ1n) is 10.6. The Balaban J connectivity index is 1.51. The summed E-state index contributed by atoms with van der Waals surface area (Å²) in [6, 6.07) is 17.6. The average molecular weight is 468 g/mol. The number of aryl methyl sites for hydroxylation is 1. The first kappa shape index (κ1) is 22.2. The molecule has 0 atom stereocenters. The predicted molar refractivity (Wildman–Crippen MR) is 135 cm³/mol. The van der Waals surface area contributed by atoms with E-state index >= 15 is 0 Å². The molecule has 2 aromatic carbocycles. The van der Waals surface area contributed by atoms with E-state index < -0.39 is 0 Å². The van der Waals surface area contributed by atoms with E-state index in [1.54, 1.807) is 6.26 Å². The van der Waals surface area contributed by atoms with E-state index in [2.05, 4.69) is 22.1 Å². The van der Waals surface area contributed by atoms with E-state index in [0.717, 1.165) is 51.8 Å². The Morgan fingerprint density at radius 3 is 2.72 bits per heavy atom. The third-order valence-electron chi connectivity index (χ3n) is 5.34. The number of H-pyrrole nitrogens is 1. The molecule has 0 saturated heterocycles. The van der Waals surface area contributed by atoms with Crippen LogP contribution in [0.4, 0.5) is 5.69 Å². The van der Waals surface area contributed by atoms with Crippen LogP contribution in [0.3, 0.4) is 0 Å². The molecule has 0 radical (unpaired) electrons. The van der Waals surface area contributed by atoms with Gasteiger partial charge in [-0.25, -0.2) is 0 Å². The van der Waals surface area contributed by atoms with Crippen molar-refractivity contribution < 1.29 is 9.15 Å². The van der Waals surface area contributed by atoms with Gasteiger partial charge in [0.05, 0.1) is 19.4 Å². The number of aromatic amines is 1. The zero-order valence-electron chi connectivity index (χ0n) is 18.2. The fourth-order valence-corrected chi connectivity index (χ4v) is 4.22. The second kappa shape index (κ2) is 10.1. The molecule has 0 bridgehead atoms. The number of nitrogens with zero attached hydrogens (tertiary/aromatic N) is 1. The van der Waals surface area contributed by atoms with Crippen LogP contribution in [0, 0.1) is 6.92 Å². The summed E-state index contributed by atoms with van der Waals surface area (Å²) in [6.07, 6.45) is 2.50. The minimum Gasteiger partial charge on any atom is -0.494 e. The van der Waals surface area contributed by atoms with Crippen molar-refractivity contribution in [1.29, 1.82) is 0 Å². The minimum atomic E-state index is 0.581. The van der Waals surface area contributed by atoms with Crippen LogP contribution in [0.15, 0.2) is 65.3 Å². The molecule has 0 amide bonds. The number of ether oxygens (including phenoxy) is 1. The van der Waals surface area contributed by atoms with Crippen LogP contribution in [-0.2, 0) is 13.0 Å². The number of nitrogens with one attached hydrogen (secondary N) is 2. The number of aromatic nitrogens is 1. The molecule has 2 N–H and O–H groups in total. The van der Waals surface area contributed by atoms with Gasteiger partial charge in [-0.3, -0.25) is 0 Å². The van der Waals surface area contributed by atoms with E-state index in [4.69, 9.17) is 33.0 Å². The minimum absolute atomic E-state index is 0.581. The molecular formula is C25H26ClN3O2S. The van der Waals surface area contributed by atoms with Gasteiger partial charge in [0.25, 0.3) is 0 Å². The Kier molecular flexibility index (Phi) is 7.02. The second-order valence-corrected chi connectivity index (χ2v) is 8.38. The quantitative estimate of drug-likeness (QED) is 0.287. The van der Waals surface area contributed by atoms with Crippen LogP contribution in [0.5, 0.6) is 5.75 Å². The Labute approximate surface area is 198 Å². The fourth-order valence-electron chi connectivity index (χ4n) is 3.77. The van der Waals surface area contributed by atoms with Crippen LogP contribution in [0.2, 0.25) is 5.02 Å². The standard InChI is InChI=1S/C25H26ClN3O2S/c1-3-30-20-9-7-19(8-10-20)28-25(32)29(16-21-5-4-14-31-21)13-12-22-17(2)27-24-11-6-18(26)15-23(22)24/h4-11,14-15,27H,3,12-13,16H2,1-2H3,(H,28,32). The van der Waals surface area contributed by atoms with Crippen molar-refractivity contribution in [2.45, 2.75) is 26.8 Å². The summed E-state index contributed by atoms with van der Waals surface area (Å²) in [7, 11) is 0. The summed E-state index contributed by atoms with van der Waals surface area (Å²) in [5, 5.41) is 5.87. The van der Waals surface area contributed by atoms with Crippen LogP contribution in [-0.4, -0.2) is 28.1 Å². The van der Waals surface area contributed by atoms with E-state index in [9.17, 15) is 0 Å². The largest absolute Gasteiger partial charge is 0.494 e. The van der Waals surface area contributed by atoms with E-state index in [0.29, 0.717) is 18.3 Å². The Morgan fingerprint density at radius 1 is 1.19 bits per heavy atom. The smallest absolute Gasteiger partial charge is 0.173 e. The van der Waals surface area contributed by atoms with Gasteiger partial charge in [0.1, 0.15) is 11.5 Å². The van der Waals surface area contributed by atoms with Gasteiger partial charge in [-0.05, 0) is 92.6 Å². The zero-order chi connectivity index (χ0) is 22.5. The maximum atomic E-state index is 6.25. The molecule has 0 spiro atoms. The van der Waals surface area contributed by atoms with E-state index in [1.165, 1.54) is 5.56 Å². The van der Waals surface area contributed by atoms with Gasteiger partial charge in [-0.1, -0.05) is 11.6 Å². The zero-order valence-corrected chi connectivity index (χ0v) is 19.7. The van der Waals surface area contributed by atoms with Crippen LogP contribution >= 0.6 is 23.8 Å². The molecule has 166 valence electrons. The van der Waals surface area contributed by atoms with Gasteiger partial charge in [0, 0.05) is 33.9 Å². The van der Waals surface area contributed by atoms with Crippen molar-refractivity contribution in [2.75, 3.05) is 18.5 Å². The highest BCUT2D eigenvalue weighted by atomic mass is 35.5. The third kappa shape index (κ3) is 5.26. The fraction of sp³-hybridized carbons (Fsp3) is 0.240. The molecule has 7 heteroatoms. The SMILES string of the molecule is CCOc1ccc(NC(=S)N(CCc2c(C)[nH]c3ccc(Cl)cc23)Cc2ccco2)cc1. The maximum absolute atomic E-state index is 6.25. The normalized spacial score (nSPS) is 11.0. The predicted octanol–water partition coefficient (Wildman–Crippen LogP) is 6.56. The Hall–Kier alpha value is -2.96. The molecule has 5 nitrogen and oxygen atoms in total. The van der Waals surface area contributed by atoms with Crippen molar-refractivity contribution in [3.8, 4) is 5.75 Å². The van der Waals surface area contributed by atoms with Crippen molar-refractivity contribution >= 4 is 45.5 Å². The maximum Gasteiger partial charge on any atom is 0.173 e. The van der Waals surface area contributed by atoms with Crippen LogP contribution < -0.4 is 10.1 Å². The first-order valence-corrected chi connectivity index (χ1v) is 11.4. The number of rotatable bonds is 8. The van der Waals surface area contributed by atoms with Gasteiger partial charge < -0.3 is 24.4 Å². The summed E-state index contributed by atoms with van der Waals surface area (Å²) in [4.78, 5) is 5.57. The summed E-state index contributed by atoms with van der Waals surface area (Å²) in [5.74, 6) is 1.70. The van der Waals surface area contributed by atoms with Crippen molar-refractivity contribution in [1.82, 2.24) is 9.88 Å². The number of halogens is 1. The molecule has 0 unspecified atom stereocenters. The second-order valence-electron chi connectivity index (χ2n) is 7.56. The molecular weight excluding hydrogens is 442 g/mol. The molecule has 0 fully saturated rings. The lowest BCUT2D eigenvalue weighted by Gasteiger charge is -2.25. The highest BCUT2D eigenvalue weighted by molar-refractivity contribution is 7.80. The number of fused-ring (bicyclic) bond motifs is 1. The summed E-state index contributed by atoms with van der Waals surface area (Å²) in [6.45, 7) is 6.01. The van der Waals surface area contributed by atoms with E-state index in [-0.39, 0.29) is 0 Å². The van der Waals surface area contributed by atoms with E-state index in [1.807, 2.05) is 61.5 Å². The number of furan rings is 1. The highest BCUT2D eigenvalue weighted by Gasteiger charge is 2.16. The topological polar surface area (TPSA) is 53.4 Å². The molecule has 2 heterocycles. The molecule has 0 aliphatic carbocycles. The third-order valence-corrected chi connectivity index (χ3v) is 5.94. The lowest BCUT2D eigenvalue weighted by molar-refractivity contribution is 0.340. The van der Waals surface area contributed by atoms with Crippen LogP contribution in [0.25, 0.3) is 10.9 Å². The van der Waals surface area contributed by atoms with Crippen molar-refractivity contribution in [2.24, 2.45) is 0 Å². The Bertz CT molecular complexity index is 1190. The molecule has 4 aromatic rings. The monoisotopic (exact) mass is 467 g/mol. The molecule has 32 heavy (non-hydrogen) atoms. The first-order chi connectivity index (χ1) is 15.5. The van der Waals surface area contributed by atoms with Gasteiger partial charge in [-0.15, -0.1) is 0 Å². The summed E-state index contributed by atoms with van der Waals surface area (Å²) >= 11 is 12.0. The number of hydrogen-bond donors (Lipinski definition) is 2. The summed E-state index contributed by atoms with van der Waals surface area (Å²) in [5.41, 5.74) is 4.40. The average Bonchev–Trinajstić information content (AvgIpc) is 3.40. The van der Waals surface area contributed by atoms with Crippen molar-refractivity contribution in [3.05, 3.63) is 82.9 Å². The van der Waals surface area contributed by atoms with Crippen LogP contribution in [0.1, 0.15) is 23.9 Å². The van der Waals surface area contributed by atoms with Gasteiger partial charge in [0.15, 0.2) is 5.11 Å². The van der Waals surface area contributed by atoms with Gasteiger partial charge in [0.2, 0.25) is 0 Å². The summed E-state index contributed by atoms with van der Waals surface area (Å²) < 4.78 is 11.1. The Morgan fingerprint density at radius 2 is 2.00 bits per heavy atom. The molecule has 0 aliphatic heterocycles. The van der Waals surface area contributed by atoms with Gasteiger partial charge >= 0.3 is 0 Å². The van der Waals surface area contributed by atoms with Crippen molar-refractivity contribution in [3.63, 3.8) is 0 Å². The number of thiocarbonyl (C=S) groups is 1. The van der Waals surface area contributed by atoms with Gasteiger partial charge in [-0.2, -0.15) is 0 Å². The number of hydrogen-bond acceptors (Lipinski definition) is 3.